The van der Waals surface area contributed by atoms with Gasteiger partial charge in [0.05, 0.1) is 11.8 Å². The second kappa shape index (κ2) is 13.1. The minimum absolute atomic E-state index is 0.216. The van der Waals surface area contributed by atoms with Gasteiger partial charge >= 0.3 is 0 Å². The number of fused-ring (bicyclic) bond motifs is 1. The number of ether oxygens (including phenoxy) is 1. The fourth-order valence-corrected chi connectivity index (χ4v) is 3.91. The Hall–Kier alpha value is -2.78. The van der Waals surface area contributed by atoms with Crippen LogP contribution < -0.4 is 0 Å². The Labute approximate surface area is 198 Å². The zero-order chi connectivity index (χ0) is 23.5. The van der Waals surface area contributed by atoms with Crippen molar-refractivity contribution in [3.05, 3.63) is 84.3 Å². The van der Waals surface area contributed by atoms with E-state index in [-0.39, 0.29) is 5.82 Å². The van der Waals surface area contributed by atoms with E-state index in [2.05, 4.69) is 55.8 Å². The predicted octanol–water partition coefficient (Wildman–Crippen LogP) is 8.55. The number of benzene rings is 2. The number of unbranched alkanes of at least 4 members (excludes halogenated alkanes) is 3. The van der Waals surface area contributed by atoms with Gasteiger partial charge in [0.1, 0.15) is 5.82 Å². The Balaban J connectivity index is 1.55. The van der Waals surface area contributed by atoms with Crippen molar-refractivity contribution in [2.75, 3.05) is 6.61 Å². The van der Waals surface area contributed by atoms with E-state index in [1.165, 1.54) is 18.4 Å². The van der Waals surface area contributed by atoms with Gasteiger partial charge < -0.3 is 4.74 Å². The maximum atomic E-state index is 14.3. The summed E-state index contributed by atoms with van der Waals surface area (Å²) in [6.07, 6.45) is 15.8. The lowest BCUT2D eigenvalue weighted by molar-refractivity contribution is 0.0566. The van der Waals surface area contributed by atoms with Crippen LogP contribution in [0.1, 0.15) is 63.5 Å². The van der Waals surface area contributed by atoms with Crippen LogP contribution in [0.25, 0.3) is 28.1 Å². The Morgan fingerprint density at radius 2 is 1.94 bits per heavy atom. The molecule has 2 aromatic carbocycles. The summed E-state index contributed by atoms with van der Waals surface area (Å²) in [5.41, 5.74) is 3.39. The summed E-state index contributed by atoms with van der Waals surface area (Å²) in [5.74, 6) is -0.216. The quantitative estimate of drug-likeness (QED) is 0.194. The van der Waals surface area contributed by atoms with Crippen LogP contribution in [0.2, 0.25) is 0 Å². The molecule has 3 heteroatoms. The third kappa shape index (κ3) is 7.64. The van der Waals surface area contributed by atoms with Gasteiger partial charge in [0.15, 0.2) is 0 Å². The van der Waals surface area contributed by atoms with Crippen LogP contribution in [-0.2, 0) is 11.2 Å². The van der Waals surface area contributed by atoms with E-state index in [1.54, 1.807) is 12.1 Å². The van der Waals surface area contributed by atoms with Crippen molar-refractivity contribution in [2.45, 2.75) is 64.9 Å². The van der Waals surface area contributed by atoms with Crippen LogP contribution in [0.5, 0.6) is 0 Å². The number of hydrogen-bond acceptors (Lipinski definition) is 2. The fourth-order valence-electron chi connectivity index (χ4n) is 3.91. The average molecular weight is 446 g/mol. The van der Waals surface area contributed by atoms with Crippen LogP contribution in [-0.4, -0.2) is 17.7 Å². The summed E-state index contributed by atoms with van der Waals surface area (Å²) in [6.45, 7) is 8.95. The molecule has 0 radical (unpaired) electrons. The van der Waals surface area contributed by atoms with E-state index in [0.717, 1.165) is 54.3 Å². The van der Waals surface area contributed by atoms with E-state index >= 15 is 0 Å². The first kappa shape index (κ1) is 24.9. The third-order valence-corrected chi connectivity index (χ3v) is 5.90. The van der Waals surface area contributed by atoms with Gasteiger partial charge in [0, 0.05) is 23.8 Å². The molecule has 1 heterocycles. The van der Waals surface area contributed by atoms with Crippen molar-refractivity contribution in [1.29, 1.82) is 0 Å². The number of hydrogen-bond donors (Lipinski definition) is 0. The molecule has 0 spiro atoms. The van der Waals surface area contributed by atoms with Crippen LogP contribution in [0.3, 0.4) is 0 Å². The molecule has 174 valence electrons. The van der Waals surface area contributed by atoms with Gasteiger partial charge in [-0.2, -0.15) is 0 Å². The SMILES string of the molecule is C=CCc1ccc(-c2cc3ccc(C=CCCCC(C)OCCCCC)cc3cn2)cc1F. The number of halogens is 1. The molecule has 0 amide bonds. The van der Waals surface area contributed by atoms with Crippen LogP contribution in [0.4, 0.5) is 4.39 Å². The van der Waals surface area contributed by atoms with Crippen LogP contribution >= 0.6 is 0 Å². The second-order valence-electron chi connectivity index (χ2n) is 8.70. The Morgan fingerprint density at radius 3 is 2.73 bits per heavy atom. The van der Waals surface area contributed by atoms with Crippen molar-refractivity contribution < 1.29 is 9.13 Å². The van der Waals surface area contributed by atoms with Crippen molar-refractivity contribution >= 4 is 16.8 Å². The second-order valence-corrected chi connectivity index (χ2v) is 8.70. The van der Waals surface area contributed by atoms with Gasteiger partial charge in [-0.15, -0.1) is 6.58 Å². The third-order valence-electron chi connectivity index (χ3n) is 5.90. The van der Waals surface area contributed by atoms with Crippen molar-refractivity contribution in [2.24, 2.45) is 0 Å². The maximum absolute atomic E-state index is 14.3. The molecular weight excluding hydrogens is 409 g/mol. The molecule has 33 heavy (non-hydrogen) atoms. The zero-order valence-corrected chi connectivity index (χ0v) is 20.0. The molecule has 0 aliphatic heterocycles. The molecule has 0 saturated heterocycles. The summed E-state index contributed by atoms with van der Waals surface area (Å²) >= 11 is 0. The van der Waals surface area contributed by atoms with E-state index in [9.17, 15) is 4.39 Å². The minimum atomic E-state index is -0.216. The lowest BCUT2D eigenvalue weighted by Gasteiger charge is -2.12. The van der Waals surface area contributed by atoms with Crippen LogP contribution in [0, 0.1) is 5.82 Å². The van der Waals surface area contributed by atoms with Gasteiger partial charge in [-0.3, -0.25) is 4.98 Å². The number of nitrogens with zero attached hydrogens (tertiary/aromatic N) is 1. The average Bonchev–Trinajstić information content (AvgIpc) is 2.82. The summed E-state index contributed by atoms with van der Waals surface area (Å²) in [6, 6.07) is 13.7. The predicted molar refractivity (Wildman–Crippen MR) is 139 cm³/mol. The van der Waals surface area contributed by atoms with Gasteiger partial charge in [-0.05, 0) is 73.7 Å². The number of pyridine rings is 1. The largest absolute Gasteiger partial charge is 0.379 e. The topological polar surface area (TPSA) is 22.1 Å². The summed E-state index contributed by atoms with van der Waals surface area (Å²) < 4.78 is 20.2. The molecule has 1 aromatic heterocycles. The minimum Gasteiger partial charge on any atom is -0.379 e. The highest BCUT2D eigenvalue weighted by molar-refractivity contribution is 5.87. The highest BCUT2D eigenvalue weighted by Gasteiger charge is 2.07. The van der Waals surface area contributed by atoms with Crippen molar-refractivity contribution in [1.82, 2.24) is 4.98 Å². The monoisotopic (exact) mass is 445 g/mol. The molecule has 0 saturated carbocycles. The maximum Gasteiger partial charge on any atom is 0.127 e. The smallest absolute Gasteiger partial charge is 0.127 e. The molecule has 0 N–H and O–H groups in total. The molecule has 1 unspecified atom stereocenters. The lowest BCUT2D eigenvalue weighted by Crippen LogP contribution is -2.08. The van der Waals surface area contributed by atoms with Crippen LogP contribution in [0.15, 0.2) is 67.4 Å². The Kier molecular flexibility index (Phi) is 9.83. The number of aromatic nitrogens is 1. The molecule has 1 atom stereocenters. The molecule has 3 aromatic rings. The molecular formula is C30H36FNO. The van der Waals surface area contributed by atoms with E-state index < -0.39 is 0 Å². The summed E-state index contributed by atoms with van der Waals surface area (Å²) in [7, 11) is 0. The van der Waals surface area contributed by atoms with E-state index in [1.807, 2.05) is 24.4 Å². The van der Waals surface area contributed by atoms with Gasteiger partial charge in [-0.1, -0.05) is 62.3 Å². The molecule has 2 nitrogen and oxygen atoms in total. The summed E-state index contributed by atoms with van der Waals surface area (Å²) in [5, 5.41) is 2.18. The number of allylic oxidation sites excluding steroid dienone is 2. The van der Waals surface area contributed by atoms with Gasteiger partial charge in [-0.25, -0.2) is 4.39 Å². The molecule has 0 fully saturated rings. The molecule has 0 aliphatic rings. The normalized spacial score (nSPS) is 12.5. The van der Waals surface area contributed by atoms with Crippen molar-refractivity contribution in [3.8, 4) is 11.3 Å². The Morgan fingerprint density at radius 1 is 1.06 bits per heavy atom. The molecule has 3 rings (SSSR count). The zero-order valence-electron chi connectivity index (χ0n) is 20.0. The molecule has 0 aliphatic carbocycles. The Bertz CT molecular complexity index is 1070. The summed E-state index contributed by atoms with van der Waals surface area (Å²) in [4.78, 5) is 4.58. The standard InChI is InChI=1S/C30H36FNO/c1-4-6-10-18-33-23(3)12-8-7-9-13-24-14-15-26-21-30(32-22-28(26)19-24)27-17-16-25(11-5-2)29(31)20-27/h5,9,13-17,19-23H,2,4,6-8,10-12,18H2,1,3H3. The first-order chi connectivity index (χ1) is 16.1. The van der Waals surface area contributed by atoms with Gasteiger partial charge in [0.2, 0.25) is 0 Å². The highest BCUT2D eigenvalue weighted by Crippen LogP contribution is 2.25. The number of rotatable bonds is 13. The van der Waals surface area contributed by atoms with Crippen molar-refractivity contribution in [3.63, 3.8) is 0 Å². The molecule has 0 bridgehead atoms. The van der Waals surface area contributed by atoms with E-state index in [0.29, 0.717) is 18.1 Å². The highest BCUT2D eigenvalue weighted by atomic mass is 19.1. The van der Waals surface area contributed by atoms with Gasteiger partial charge in [0.25, 0.3) is 0 Å². The first-order valence-corrected chi connectivity index (χ1v) is 12.2. The first-order valence-electron chi connectivity index (χ1n) is 12.2. The van der Waals surface area contributed by atoms with E-state index in [4.69, 9.17) is 4.74 Å². The fraction of sp³-hybridized carbons (Fsp3) is 0.367. The lowest BCUT2D eigenvalue weighted by atomic mass is 10.0.